The monoisotopic (exact) mass is 283 g/mol. The molecule has 2 aromatic carbocycles. The van der Waals surface area contributed by atoms with Gasteiger partial charge in [0.25, 0.3) is 5.69 Å². The van der Waals surface area contributed by atoms with Gasteiger partial charge in [-0.1, -0.05) is 24.3 Å². The summed E-state index contributed by atoms with van der Waals surface area (Å²) in [6.07, 6.45) is 0. The van der Waals surface area contributed by atoms with Crippen molar-refractivity contribution in [2.45, 2.75) is 13.8 Å². The summed E-state index contributed by atoms with van der Waals surface area (Å²) < 4.78 is 1.16. The third kappa shape index (κ3) is 1.98. The van der Waals surface area contributed by atoms with Gasteiger partial charge < -0.3 is 0 Å². The Kier molecular flexibility index (Phi) is 3.03. The van der Waals surface area contributed by atoms with Gasteiger partial charge in [-0.15, -0.1) is 11.3 Å². The minimum Gasteiger partial charge on any atom is -0.258 e. The molecule has 0 unspecified atom stereocenters. The second-order valence-corrected chi connectivity index (χ2v) is 5.88. The molecule has 3 aromatic rings. The molecule has 0 spiro atoms. The molecule has 0 aliphatic rings. The minimum atomic E-state index is -0.307. The van der Waals surface area contributed by atoms with Crippen molar-refractivity contribution in [3.63, 3.8) is 0 Å². The SMILES string of the molecule is Cc1ccc([N+](=O)[O-])c(-c2sc3ccccc3c2C)c1. The van der Waals surface area contributed by atoms with Crippen LogP contribution in [0.2, 0.25) is 0 Å². The zero-order valence-electron chi connectivity index (χ0n) is 11.2. The van der Waals surface area contributed by atoms with Crippen molar-refractivity contribution < 1.29 is 4.92 Å². The number of hydrogen-bond donors (Lipinski definition) is 0. The van der Waals surface area contributed by atoms with Gasteiger partial charge in [-0.3, -0.25) is 10.1 Å². The van der Waals surface area contributed by atoms with Crippen molar-refractivity contribution >= 4 is 27.1 Å². The Morgan fingerprint density at radius 1 is 1.10 bits per heavy atom. The molecule has 1 heterocycles. The van der Waals surface area contributed by atoms with Gasteiger partial charge in [-0.2, -0.15) is 0 Å². The number of rotatable bonds is 2. The highest BCUT2D eigenvalue weighted by molar-refractivity contribution is 7.22. The Morgan fingerprint density at radius 2 is 1.85 bits per heavy atom. The smallest absolute Gasteiger partial charge is 0.258 e. The Morgan fingerprint density at radius 3 is 2.55 bits per heavy atom. The van der Waals surface area contributed by atoms with Crippen LogP contribution in [0.15, 0.2) is 42.5 Å². The first-order chi connectivity index (χ1) is 9.58. The van der Waals surface area contributed by atoms with Gasteiger partial charge in [0, 0.05) is 15.6 Å². The topological polar surface area (TPSA) is 43.1 Å². The maximum Gasteiger partial charge on any atom is 0.278 e. The maximum absolute atomic E-state index is 11.2. The molecule has 0 fully saturated rings. The molecular formula is C16H13NO2S. The second-order valence-electron chi connectivity index (χ2n) is 4.83. The van der Waals surface area contributed by atoms with Gasteiger partial charge in [0.05, 0.1) is 10.5 Å². The highest BCUT2D eigenvalue weighted by Gasteiger charge is 2.19. The molecule has 0 saturated heterocycles. The summed E-state index contributed by atoms with van der Waals surface area (Å²) >= 11 is 1.61. The van der Waals surface area contributed by atoms with Crippen molar-refractivity contribution in [3.8, 4) is 10.4 Å². The number of hydrogen-bond acceptors (Lipinski definition) is 3. The first-order valence-electron chi connectivity index (χ1n) is 6.31. The largest absolute Gasteiger partial charge is 0.278 e. The number of thiophene rings is 1. The average molecular weight is 283 g/mol. The number of fused-ring (bicyclic) bond motifs is 1. The third-order valence-corrected chi connectivity index (χ3v) is 4.74. The fraction of sp³-hybridized carbons (Fsp3) is 0.125. The Labute approximate surface area is 120 Å². The number of nitro benzene ring substituents is 1. The van der Waals surface area contributed by atoms with E-state index in [0.717, 1.165) is 20.7 Å². The molecule has 1 aromatic heterocycles. The van der Waals surface area contributed by atoms with E-state index >= 15 is 0 Å². The fourth-order valence-electron chi connectivity index (χ4n) is 2.42. The van der Waals surface area contributed by atoms with Gasteiger partial charge in [0.15, 0.2) is 0 Å². The maximum atomic E-state index is 11.2. The molecule has 3 nitrogen and oxygen atoms in total. The van der Waals surface area contributed by atoms with Crippen LogP contribution in [0.4, 0.5) is 5.69 Å². The molecule has 0 radical (unpaired) electrons. The highest BCUT2D eigenvalue weighted by atomic mass is 32.1. The third-order valence-electron chi connectivity index (χ3n) is 3.44. The van der Waals surface area contributed by atoms with E-state index in [0.29, 0.717) is 5.56 Å². The first-order valence-corrected chi connectivity index (χ1v) is 7.13. The van der Waals surface area contributed by atoms with Crippen LogP contribution < -0.4 is 0 Å². The van der Waals surface area contributed by atoms with E-state index in [-0.39, 0.29) is 10.6 Å². The zero-order chi connectivity index (χ0) is 14.3. The normalized spacial score (nSPS) is 10.9. The Balaban J connectivity index is 2.33. The minimum absolute atomic E-state index is 0.172. The van der Waals surface area contributed by atoms with Crippen molar-refractivity contribution in [1.29, 1.82) is 0 Å². The summed E-state index contributed by atoms with van der Waals surface area (Å²) in [5.74, 6) is 0. The summed E-state index contributed by atoms with van der Waals surface area (Å²) in [5, 5.41) is 12.4. The quantitative estimate of drug-likeness (QED) is 0.485. The Bertz CT molecular complexity index is 820. The predicted octanol–water partition coefficient (Wildman–Crippen LogP) is 5.09. The molecule has 4 heteroatoms. The molecule has 100 valence electrons. The lowest BCUT2D eigenvalue weighted by Gasteiger charge is -2.03. The van der Waals surface area contributed by atoms with E-state index in [1.54, 1.807) is 23.5 Å². The zero-order valence-corrected chi connectivity index (χ0v) is 12.0. The van der Waals surface area contributed by atoms with Crippen LogP contribution in [-0.2, 0) is 0 Å². The van der Waals surface area contributed by atoms with Crippen molar-refractivity contribution in [2.75, 3.05) is 0 Å². The van der Waals surface area contributed by atoms with Crippen molar-refractivity contribution in [1.82, 2.24) is 0 Å². The molecule has 0 saturated carbocycles. The van der Waals surface area contributed by atoms with E-state index in [1.165, 1.54) is 5.39 Å². The summed E-state index contributed by atoms with van der Waals surface area (Å²) in [6.45, 7) is 3.98. The predicted molar refractivity (Wildman–Crippen MR) is 83.4 cm³/mol. The lowest BCUT2D eigenvalue weighted by molar-refractivity contribution is -0.384. The average Bonchev–Trinajstić information content (AvgIpc) is 2.76. The molecule has 0 atom stereocenters. The van der Waals surface area contributed by atoms with Crippen LogP contribution in [0, 0.1) is 24.0 Å². The summed E-state index contributed by atoms with van der Waals surface area (Å²) in [7, 11) is 0. The van der Waals surface area contributed by atoms with Gasteiger partial charge in [0.1, 0.15) is 0 Å². The molecule has 3 rings (SSSR count). The lowest BCUT2D eigenvalue weighted by Crippen LogP contribution is -1.92. The van der Waals surface area contributed by atoms with Crippen LogP contribution in [-0.4, -0.2) is 4.92 Å². The van der Waals surface area contributed by atoms with Crippen LogP contribution in [0.1, 0.15) is 11.1 Å². The highest BCUT2D eigenvalue weighted by Crippen LogP contribution is 2.41. The van der Waals surface area contributed by atoms with Crippen LogP contribution in [0.3, 0.4) is 0 Å². The summed E-state index contributed by atoms with van der Waals surface area (Å²) in [6, 6.07) is 13.4. The van der Waals surface area contributed by atoms with Gasteiger partial charge in [-0.05, 0) is 42.5 Å². The summed E-state index contributed by atoms with van der Waals surface area (Å²) in [4.78, 5) is 11.9. The molecule has 0 N–H and O–H groups in total. The molecule has 0 aliphatic carbocycles. The van der Waals surface area contributed by atoms with E-state index < -0.39 is 0 Å². The van der Waals surface area contributed by atoms with Crippen LogP contribution in [0.5, 0.6) is 0 Å². The van der Waals surface area contributed by atoms with Gasteiger partial charge in [-0.25, -0.2) is 0 Å². The summed E-state index contributed by atoms with van der Waals surface area (Å²) in [5.41, 5.74) is 3.03. The molecule has 0 aliphatic heterocycles. The van der Waals surface area contributed by atoms with Crippen LogP contribution in [0.25, 0.3) is 20.5 Å². The fourth-order valence-corrected chi connectivity index (χ4v) is 3.66. The second kappa shape index (κ2) is 4.72. The number of benzene rings is 2. The molecule has 0 bridgehead atoms. The van der Waals surface area contributed by atoms with Gasteiger partial charge >= 0.3 is 0 Å². The van der Waals surface area contributed by atoms with Crippen molar-refractivity contribution in [3.05, 3.63) is 63.7 Å². The van der Waals surface area contributed by atoms with E-state index in [1.807, 2.05) is 32.0 Å². The van der Waals surface area contributed by atoms with Crippen LogP contribution >= 0.6 is 11.3 Å². The van der Waals surface area contributed by atoms with Crippen molar-refractivity contribution in [2.24, 2.45) is 0 Å². The number of nitro groups is 1. The number of aryl methyl sites for hydroxylation is 2. The molecular weight excluding hydrogens is 270 g/mol. The van der Waals surface area contributed by atoms with E-state index in [4.69, 9.17) is 0 Å². The Hall–Kier alpha value is -2.20. The van der Waals surface area contributed by atoms with Gasteiger partial charge in [0.2, 0.25) is 0 Å². The van der Waals surface area contributed by atoms with E-state index in [2.05, 4.69) is 12.1 Å². The molecule has 20 heavy (non-hydrogen) atoms. The lowest BCUT2D eigenvalue weighted by atomic mass is 10.0. The first kappa shape index (κ1) is 12.8. The molecule has 0 amide bonds. The number of nitrogens with zero attached hydrogens (tertiary/aromatic N) is 1. The van der Waals surface area contributed by atoms with E-state index in [9.17, 15) is 10.1 Å². The standard InChI is InChI=1S/C16H13NO2S/c1-10-7-8-14(17(18)19)13(9-10)16-11(2)12-5-3-4-6-15(12)20-16/h3-9H,1-2H3.